The summed E-state index contributed by atoms with van der Waals surface area (Å²) in [6, 6.07) is 15.3. The van der Waals surface area contributed by atoms with E-state index in [1.807, 2.05) is 55.4 Å². The van der Waals surface area contributed by atoms with Gasteiger partial charge in [-0.2, -0.15) is 0 Å². The Labute approximate surface area is 247 Å². The smallest absolute Gasteiger partial charge is 0.336 e. The minimum Gasteiger partial charge on any atom is -0.478 e. The summed E-state index contributed by atoms with van der Waals surface area (Å²) in [5, 5.41) is 25.0. The van der Waals surface area contributed by atoms with Gasteiger partial charge in [-0.1, -0.05) is 11.3 Å². The lowest BCUT2D eigenvalue weighted by molar-refractivity contribution is -0.123. The number of aromatic nitrogens is 3. The number of likely N-dealkylation sites (N-methyl/N-ethyl adjacent to an activating group) is 1. The number of fused-ring (bicyclic) bond motifs is 2. The molecule has 12 heteroatoms. The number of aromatic carboxylic acids is 1. The summed E-state index contributed by atoms with van der Waals surface area (Å²) in [5.41, 5.74) is 3.92. The van der Waals surface area contributed by atoms with Crippen LogP contribution in [0.2, 0.25) is 0 Å². The van der Waals surface area contributed by atoms with E-state index in [0.717, 1.165) is 16.4 Å². The van der Waals surface area contributed by atoms with Gasteiger partial charge in [-0.25, -0.2) is 9.48 Å². The highest BCUT2D eigenvalue weighted by Crippen LogP contribution is 2.42. The van der Waals surface area contributed by atoms with Gasteiger partial charge in [0.15, 0.2) is 0 Å². The second kappa shape index (κ2) is 11.8. The van der Waals surface area contributed by atoms with Crippen LogP contribution >= 0.6 is 0 Å². The van der Waals surface area contributed by atoms with Crippen LogP contribution in [0.25, 0.3) is 33.4 Å². The van der Waals surface area contributed by atoms with E-state index in [1.54, 1.807) is 32.3 Å². The van der Waals surface area contributed by atoms with Crippen molar-refractivity contribution in [1.82, 2.24) is 25.6 Å². The van der Waals surface area contributed by atoms with Crippen LogP contribution in [0.15, 0.2) is 70.2 Å². The van der Waals surface area contributed by atoms with Crippen LogP contribution in [-0.2, 0) is 11.3 Å². The van der Waals surface area contributed by atoms with Crippen molar-refractivity contribution < 1.29 is 23.9 Å². The largest absolute Gasteiger partial charge is 0.478 e. The Hall–Kier alpha value is -5.52. The third-order valence-corrected chi connectivity index (χ3v) is 7.26. The van der Waals surface area contributed by atoms with Gasteiger partial charge in [0, 0.05) is 68.1 Å². The summed E-state index contributed by atoms with van der Waals surface area (Å²) >= 11 is 0. The predicted molar refractivity (Wildman–Crippen MR) is 161 cm³/mol. The number of hydrogen-bond donors (Lipinski definition) is 3. The van der Waals surface area contributed by atoms with Crippen LogP contribution in [0, 0.1) is 0 Å². The Morgan fingerprint density at radius 1 is 1.07 bits per heavy atom. The van der Waals surface area contributed by atoms with E-state index >= 15 is 0 Å². The van der Waals surface area contributed by atoms with Crippen molar-refractivity contribution in [3.05, 3.63) is 83.0 Å². The Kier molecular flexibility index (Phi) is 7.93. The second-order valence-electron chi connectivity index (χ2n) is 10.2. The quantitative estimate of drug-likeness (QED) is 0.236. The van der Waals surface area contributed by atoms with Gasteiger partial charge >= 0.3 is 5.97 Å². The van der Waals surface area contributed by atoms with Gasteiger partial charge in [0.05, 0.1) is 23.7 Å². The molecule has 0 radical (unpaired) electrons. The fourth-order valence-corrected chi connectivity index (χ4v) is 4.84. The number of benzene rings is 3. The number of rotatable bonds is 8. The monoisotopic (exact) mass is 581 g/mol. The Bertz CT molecular complexity index is 1910. The van der Waals surface area contributed by atoms with E-state index in [0.29, 0.717) is 33.7 Å². The minimum absolute atomic E-state index is 0.0345. The minimum atomic E-state index is -1.18. The first-order chi connectivity index (χ1) is 20.6. The van der Waals surface area contributed by atoms with Crippen molar-refractivity contribution in [2.45, 2.75) is 19.5 Å². The molecule has 1 aliphatic carbocycles. The molecule has 5 rings (SSSR count). The van der Waals surface area contributed by atoms with E-state index in [1.165, 1.54) is 17.8 Å². The molecule has 1 aliphatic heterocycles. The van der Waals surface area contributed by atoms with E-state index in [-0.39, 0.29) is 23.6 Å². The highest BCUT2D eigenvalue weighted by molar-refractivity contribution is 6.09. The van der Waals surface area contributed by atoms with Gasteiger partial charge in [-0.3, -0.25) is 14.6 Å². The molecular weight excluding hydrogens is 550 g/mol. The van der Waals surface area contributed by atoms with Gasteiger partial charge in [0.2, 0.25) is 5.91 Å². The van der Waals surface area contributed by atoms with Gasteiger partial charge in [-0.15, -0.1) is 5.10 Å². The SMILES string of the molecule is C/N=c1\ccc2c(-c3ccc(C(=O)NCc4cn(C(C)C(=O)NC)nn4)cc3C(=O)O)c3ccc(N(C)C)cc3oc-2c1. The number of carbonyl (C=O) groups excluding carboxylic acids is 2. The van der Waals surface area contributed by atoms with E-state index in [2.05, 4.69) is 25.9 Å². The van der Waals surface area contributed by atoms with Gasteiger partial charge in [-0.05, 0) is 48.9 Å². The molecule has 0 bridgehead atoms. The van der Waals surface area contributed by atoms with Gasteiger partial charge < -0.3 is 25.1 Å². The number of anilines is 1. The average Bonchev–Trinajstić information content (AvgIpc) is 3.49. The van der Waals surface area contributed by atoms with Crippen LogP contribution in [0.4, 0.5) is 5.69 Å². The first kappa shape index (κ1) is 29.0. The zero-order chi connectivity index (χ0) is 30.8. The average molecular weight is 582 g/mol. The molecule has 2 heterocycles. The highest BCUT2D eigenvalue weighted by Gasteiger charge is 2.23. The summed E-state index contributed by atoms with van der Waals surface area (Å²) in [7, 11) is 7.08. The number of carbonyl (C=O) groups is 3. The Balaban J connectivity index is 1.53. The van der Waals surface area contributed by atoms with Crippen molar-refractivity contribution in [2.24, 2.45) is 4.99 Å². The first-order valence-electron chi connectivity index (χ1n) is 13.5. The maximum Gasteiger partial charge on any atom is 0.336 e. The summed E-state index contributed by atoms with van der Waals surface area (Å²) < 4.78 is 7.68. The molecule has 43 heavy (non-hydrogen) atoms. The summed E-state index contributed by atoms with van der Waals surface area (Å²) in [5.74, 6) is -1.33. The number of carboxylic acid groups (broad SMARTS) is 1. The zero-order valence-electron chi connectivity index (χ0n) is 24.4. The molecule has 0 spiro atoms. The maximum absolute atomic E-state index is 13.1. The van der Waals surface area contributed by atoms with E-state index in [9.17, 15) is 19.5 Å². The zero-order valence-corrected chi connectivity index (χ0v) is 24.4. The number of amides is 2. The molecule has 1 atom stereocenters. The molecular formula is C31H31N7O5. The van der Waals surface area contributed by atoms with E-state index < -0.39 is 17.9 Å². The normalized spacial score (nSPS) is 12.3. The third kappa shape index (κ3) is 5.67. The standard InChI is InChI=1S/C31H31N7O5/c1-17(29(39)33-3)38-16-20(35-36-38)15-34-30(40)18-6-9-22(25(12-18)31(41)42)28-23-10-7-19(32-2)13-26(23)43-27-14-21(37(4)5)8-11-24(27)28/h6-14,16-17H,15H2,1-5H3,(H,33,39)(H,34,40)(H,41,42)/b32-19+. The molecule has 1 unspecified atom stereocenters. The van der Waals surface area contributed by atoms with Crippen molar-refractivity contribution in [1.29, 1.82) is 0 Å². The predicted octanol–water partition coefficient (Wildman–Crippen LogP) is 3.33. The first-order valence-corrected chi connectivity index (χ1v) is 13.5. The molecule has 220 valence electrons. The number of nitrogens with one attached hydrogen (secondary N) is 2. The van der Waals surface area contributed by atoms with Crippen molar-refractivity contribution in [2.75, 3.05) is 33.1 Å². The molecule has 2 aliphatic rings. The molecule has 3 aromatic rings. The van der Waals surface area contributed by atoms with Crippen LogP contribution in [0.5, 0.6) is 0 Å². The van der Waals surface area contributed by atoms with Crippen LogP contribution in [0.1, 0.15) is 39.4 Å². The molecule has 12 nitrogen and oxygen atoms in total. The molecule has 0 saturated carbocycles. The van der Waals surface area contributed by atoms with Crippen molar-refractivity contribution >= 4 is 34.4 Å². The van der Waals surface area contributed by atoms with Crippen LogP contribution in [-0.4, -0.2) is 66.1 Å². The highest BCUT2D eigenvalue weighted by atomic mass is 16.4. The maximum atomic E-state index is 13.1. The van der Waals surface area contributed by atoms with E-state index in [4.69, 9.17) is 4.42 Å². The van der Waals surface area contributed by atoms with Crippen LogP contribution in [0.3, 0.4) is 0 Å². The Morgan fingerprint density at radius 3 is 2.53 bits per heavy atom. The molecule has 0 fully saturated rings. The summed E-state index contributed by atoms with van der Waals surface area (Å²) in [6.45, 7) is 1.72. The molecule has 2 amide bonds. The summed E-state index contributed by atoms with van der Waals surface area (Å²) in [6.07, 6.45) is 1.57. The van der Waals surface area contributed by atoms with Gasteiger partial charge in [0.25, 0.3) is 5.91 Å². The van der Waals surface area contributed by atoms with Crippen molar-refractivity contribution in [3.8, 4) is 22.5 Å². The van der Waals surface area contributed by atoms with Crippen LogP contribution < -0.4 is 20.9 Å². The third-order valence-electron chi connectivity index (χ3n) is 7.26. The summed E-state index contributed by atoms with van der Waals surface area (Å²) in [4.78, 5) is 43.7. The Morgan fingerprint density at radius 2 is 1.84 bits per heavy atom. The fraction of sp³-hybridized carbons (Fsp3) is 0.226. The van der Waals surface area contributed by atoms with Gasteiger partial charge in [0.1, 0.15) is 23.1 Å². The molecule has 2 aromatic carbocycles. The fourth-order valence-electron chi connectivity index (χ4n) is 4.84. The lowest BCUT2D eigenvalue weighted by Gasteiger charge is -2.19. The molecule has 0 saturated heterocycles. The lowest BCUT2D eigenvalue weighted by atomic mass is 9.89. The number of nitrogens with zero attached hydrogens (tertiary/aromatic N) is 5. The number of carboxylic acids is 1. The number of hydrogen-bond acceptors (Lipinski definition) is 8. The topological polar surface area (TPSA) is 155 Å². The molecule has 3 N–H and O–H groups in total. The lowest BCUT2D eigenvalue weighted by Crippen LogP contribution is -2.28. The molecule has 1 aromatic heterocycles. The second-order valence-corrected chi connectivity index (χ2v) is 10.2. The van der Waals surface area contributed by atoms with Crippen molar-refractivity contribution in [3.63, 3.8) is 0 Å².